The predicted octanol–water partition coefficient (Wildman–Crippen LogP) is 1.52. The molecule has 2 atom stereocenters. The quantitative estimate of drug-likeness (QED) is 0.686. The normalized spacial score (nSPS) is 15.4. The van der Waals surface area contributed by atoms with Gasteiger partial charge in [-0.05, 0) is 13.3 Å². The van der Waals surface area contributed by atoms with Crippen molar-refractivity contribution in [1.29, 1.82) is 0 Å². The summed E-state index contributed by atoms with van der Waals surface area (Å²) in [5.74, 6) is -0.0557. The lowest BCUT2D eigenvalue weighted by Gasteiger charge is -2.24. The molecule has 0 radical (unpaired) electrons. The van der Waals surface area contributed by atoms with Crippen molar-refractivity contribution >= 4 is 5.91 Å². The van der Waals surface area contributed by atoms with Crippen LogP contribution in [0.4, 0.5) is 0 Å². The molecule has 1 rings (SSSR count). The van der Waals surface area contributed by atoms with E-state index in [4.69, 9.17) is 4.74 Å². The number of aliphatic hydroxyl groups is 1. The van der Waals surface area contributed by atoms with Gasteiger partial charge in [0.1, 0.15) is 0 Å². The van der Waals surface area contributed by atoms with Crippen molar-refractivity contribution in [1.82, 2.24) is 14.9 Å². The SMILES string of the molecule is CCCC(CC(=O)NCC(C)(O)CCOC)n1ccnc1. The third-order valence-electron chi connectivity index (χ3n) is 3.50. The Balaban J connectivity index is 2.44. The summed E-state index contributed by atoms with van der Waals surface area (Å²) < 4.78 is 6.91. The fraction of sp³-hybridized carbons (Fsp3) is 0.733. The molecule has 0 aromatic carbocycles. The highest BCUT2D eigenvalue weighted by atomic mass is 16.5. The minimum absolute atomic E-state index is 0.0557. The van der Waals surface area contributed by atoms with E-state index in [1.54, 1.807) is 26.6 Å². The molecule has 0 aliphatic rings. The summed E-state index contributed by atoms with van der Waals surface area (Å²) in [6.07, 6.45) is 8.14. The van der Waals surface area contributed by atoms with Gasteiger partial charge in [-0.25, -0.2) is 4.98 Å². The Hall–Kier alpha value is -1.40. The lowest BCUT2D eigenvalue weighted by molar-refractivity contribution is -0.123. The molecular formula is C15H27N3O3. The number of carbonyl (C=O) groups is 1. The maximum absolute atomic E-state index is 12.1. The maximum atomic E-state index is 12.1. The number of imidazole rings is 1. The fourth-order valence-corrected chi connectivity index (χ4v) is 2.16. The van der Waals surface area contributed by atoms with E-state index in [1.165, 1.54) is 0 Å². The Morgan fingerprint density at radius 2 is 2.33 bits per heavy atom. The summed E-state index contributed by atoms with van der Waals surface area (Å²) in [6.45, 7) is 4.50. The first-order chi connectivity index (χ1) is 9.98. The molecule has 21 heavy (non-hydrogen) atoms. The average molecular weight is 297 g/mol. The van der Waals surface area contributed by atoms with Gasteiger partial charge in [-0.15, -0.1) is 0 Å². The molecule has 0 bridgehead atoms. The Labute approximate surface area is 126 Å². The number of nitrogens with one attached hydrogen (secondary N) is 1. The van der Waals surface area contributed by atoms with Crippen LogP contribution in [0, 0.1) is 0 Å². The van der Waals surface area contributed by atoms with Gasteiger partial charge in [0.05, 0.1) is 11.9 Å². The third kappa shape index (κ3) is 6.73. The van der Waals surface area contributed by atoms with E-state index in [9.17, 15) is 9.90 Å². The first-order valence-electron chi connectivity index (χ1n) is 7.44. The van der Waals surface area contributed by atoms with Gasteiger partial charge < -0.3 is 19.7 Å². The zero-order chi connectivity index (χ0) is 15.7. The third-order valence-corrected chi connectivity index (χ3v) is 3.50. The van der Waals surface area contributed by atoms with Crippen molar-refractivity contribution in [2.75, 3.05) is 20.3 Å². The molecule has 0 fully saturated rings. The molecule has 0 aliphatic heterocycles. The van der Waals surface area contributed by atoms with Gasteiger partial charge in [-0.3, -0.25) is 4.79 Å². The number of methoxy groups -OCH3 is 1. The van der Waals surface area contributed by atoms with E-state index < -0.39 is 5.60 Å². The fourth-order valence-electron chi connectivity index (χ4n) is 2.16. The number of hydrogen-bond donors (Lipinski definition) is 2. The lowest BCUT2D eigenvalue weighted by atomic mass is 10.0. The largest absolute Gasteiger partial charge is 0.388 e. The first kappa shape index (κ1) is 17.7. The van der Waals surface area contributed by atoms with E-state index in [0.29, 0.717) is 19.4 Å². The Kier molecular flexibility index (Phi) is 7.39. The summed E-state index contributed by atoms with van der Waals surface area (Å²) in [6, 6.07) is 0.112. The molecular weight excluding hydrogens is 270 g/mol. The summed E-state index contributed by atoms with van der Waals surface area (Å²) in [7, 11) is 1.59. The Morgan fingerprint density at radius 3 is 2.90 bits per heavy atom. The molecule has 0 saturated heterocycles. The second-order valence-corrected chi connectivity index (χ2v) is 5.67. The van der Waals surface area contributed by atoms with Crippen LogP contribution in [0.3, 0.4) is 0 Å². The van der Waals surface area contributed by atoms with Crippen molar-refractivity contribution in [3.8, 4) is 0 Å². The van der Waals surface area contributed by atoms with E-state index in [0.717, 1.165) is 12.8 Å². The molecule has 120 valence electrons. The van der Waals surface area contributed by atoms with Gasteiger partial charge in [0, 0.05) is 51.5 Å². The molecule has 1 aromatic heterocycles. The van der Waals surface area contributed by atoms with Crippen LogP contribution in [-0.4, -0.2) is 46.4 Å². The minimum atomic E-state index is -0.944. The highest BCUT2D eigenvalue weighted by Crippen LogP contribution is 2.17. The minimum Gasteiger partial charge on any atom is -0.388 e. The highest BCUT2D eigenvalue weighted by molar-refractivity contribution is 5.76. The maximum Gasteiger partial charge on any atom is 0.222 e. The molecule has 0 saturated carbocycles. The van der Waals surface area contributed by atoms with Gasteiger partial charge in [0.25, 0.3) is 0 Å². The number of aromatic nitrogens is 2. The summed E-state index contributed by atoms with van der Waals surface area (Å²) >= 11 is 0. The molecule has 0 spiro atoms. The topological polar surface area (TPSA) is 76.4 Å². The molecule has 2 N–H and O–H groups in total. The molecule has 0 aliphatic carbocycles. The number of ether oxygens (including phenoxy) is 1. The zero-order valence-electron chi connectivity index (χ0n) is 13.2. The van der Waals surface area contributed by atoms with Crippen LogP contribution < -0.4 is 5.32 Å². The number of amides is 1. The zero-order valence-corrected chi connectivity index (χ0v) is 13.2. The smallest absolute Gasteiger partial charge is 0.222 e. The van der Waals surface area contributed by atoms with E-state index in [2.05, 4.69) is 17.2 Å². The van der Waals surface area contributed by atoms with E-state index in [1.807, 2.05) is 10.8 Å². The Bertz CT molecular complexity index is 404. The first-order valence-corrected chi connectivity index (χ1v) is 7.44. The molecule has 6 heteroatoms. The van der Waals surface area contributed by atoms with Crippen molar-refractivity contribution in [3.63, 3.8) is 0 Å². The van der Waals surface area contributed by atoms with Crippen molar-refractivity contribution < 1.29 is 14.6 Å². The summed E-state index contributed by atoms with van der Waals surface area (Å²) in [5.41, 5.74) is -0.944. The van der Waals surface area contributed by atoms with Crippen LogP contribution in [0.1, 0.15) is 45.6 Å². The number of hydrogen-bond acceptors (Lipinski definition) is 4. The van der Waals surface area contributed by atoms with Gasteiger partial charge in [0.2, 0.25) is 5.91 Å². The van der Waals surface area contributed by atoms with Crippen LogP contribution in [0.25, 0.3) is 0 Å². The molecule has 2 unspecified atom stereocenters. The Morgan fingerprint density at radius 1 is 1.57 bits per heavy atom. The van der Waals surface area contributed by atoms with Crippen LogP contribution in [-0.2, 0) is 9.53 Å². The van der Waals surface area contributed by atoms with Gasteiger partial charge in [-0.2, -0.15) is 0 Å². The average Bonchev–Trinajstić information content (AvgIpc) is 2.97. The molecule has 1 aromatic rings. The monoisotopic (exact) mass is 297 g/mol. The summed E-state index contributed by atoms with van der Waals surface area (Å²) in [5, 5.41) is 12.9. The van der Waals surface area contributed by atoms with Crippen molar-refractivity contribution in [3.05, 3.63) is 18.7 Å². The van der Waals surface area contributed by atoms with Crippen LogP contribution in [0.5, 0.6) is 0 Å². The van der Waals surface area contributed by atoms with Crippen LogP contribution >= 0.6 is 0 Å². The van der Waals surface area contributed by atoms with Crippen LogP contribution in [0.2, 0.25) is 0 Å². The molecule has 6 nitrogen and oxygen atoms in total. The van der Waals surface area contributed by atoms with Crippen molar-refractivity contribution in [2.24, 2.45) is 0 Å². The lowest BCUT2D eigenvalue weighted by Crippen LogP contribution is -2.41. The summed E-state index contributed by atoms with van der Waals surface area (Å²) in [4.78, 5) is 16.1. The number of nitrogens with zero attached hydrogens (tertiary/aromatic N) is 2. The second kappa shape index (κ2) is 8.79. The van der Waals surface area contributed by atoms with Crippen molar-refractivity contribution in [2.45, 2.75) is 51.2 Å². The highest BCUT2D eigenvalue weighted by Gasteiger charge is 2.22. The standard InChI is InChI=1S/C15H27N3O3/c1-4-5-13(18-8-7-16-12-18)10-14(19)17-11-15(2,20)6-9-21-3/h7-8,12-13,20H,4-6,9-11H2,1-3H3,(H,17,19). The van der Waals surface area contributed by atoms with Crippen LogP contribution in [0.15, 0.2) is 18.7 Å². The number of rotatable bonds is 10. The van der Waals surface area contributed by atoms with Gasteiger partial charge in [0.15, 0.2) is 0 Å². The molecule has 1 heterocycles. The predicted molar refractivity (Wildman–Crippen MR) is 80.9 cm³/mol. The van der Waals surface area contributed by atoms with E-state index >= 15 is 0 Å². The van der Waals surface area contributed by atoms with Gasteiger partial charge in [-0.1, -0.05) is 13.3 Å². The number of carbonyl (C=O) groups excluding carboxylic acids is 1. The second-order valence-electron chi connectivity index (χ2n) is 5.67. The molecule has 1 amide bonds. The van der Waals surface area contributed by atoms with Gasteiger partial charge >= 0.3 is 0 Å². The van der Waals surface area contributed by atoms with E-state index in [-0.39, 0.29) is 18.5 Å².